The molecular formula is C15H16FNO. The molecule has 1 aromatic heterocycles. The van der Waals surface area contributed by atoms with E-state index in [9.17, 15) is 9.50 Å². The molecule has 1 heterocycles. The predicted octanol–water partition coefficient (Wildman–Crippen LogP) is 3.89. The van der Waals surface area contributed by atoms with E-state index in [0.29, 0.717) is 11.3 Å². The topological polar surface area (TPSA) is 33.1 Å². The Morgan fingerprint density at radius 2 is 1.83 bits per heavy atom. The summed E-state index contributed by atoms with van der Waals surface area (Å²) >= 11 is 0. The summed E-state index contributed by atoms with van der Waals surface area (Å²) in [5.74, 6) is -0.229. The fraction of sp³-hybridized carbons (Fsp3) is 0.267. The fourth-order valence-corrected chi connectivity index (χ4v) is 1.74. The van der Waals surface area contributed by atoms with E-state index < -0.39 is 0 Å². The predicted molar refractivity (Wildman–Crippen MR) is 70.0 cm³/mol. The molecule has 2 rings (SSSR count). The number of hydrogen-bond donors (Lipinski definition) is 1. The van der Waals surface area contributed by atoms with Crippen molar-refractivity contribution in [2.75, 3.05) is 0 Å². The number of halogens is 1. The van der Waals surface area contributed by atoms with Crippen molar-refractivity contribution in [2.24, 2.45) is 0 Å². The van der Waals surface area contributed by atoms with Gasteiger partial charge in [-0.15, -0.1) is 0 Å². The molecule has 0 saturated carbocycles. The van der Waals surface area contributed by atoms with Gasteiger partial charge < -0.3 is 5.11 Å². The highest BCUT2D eigenvalue weighted by Gasteiger charge is 2.16. The normalized spacial score (nSPS) is 11.6. The third-order valence-corrected chi connectivity index (χ3v) is 2.87. The molecule has 0 aliphatic rings. The summed E-state index contributed by atoms with van der Waals surface area (Å²) in [6.07, 6.45) is 1.15. The lowest BCUT2D eigenvalue weighted by atomic mass is 9.85. The van der Waals surface area contributed by atoms with Crippen molar-refractivity contribution in [3.8, 4) is 17.0 Å². The maximum Gasteiger partial charge on any atom is 0.141 e. The van der Waals surface area contributed by atoms with Crippen molar-refractivity contribution in [1.82, 2.24) is 4.98 Å². The van der Waals surface area contributed by atoms with Crippen LogP contribution in [0.5, 0.6) is 5.75 Å². The smallest absolute Gasteiger partial charge is 0.141 e. The Labute approximate surface area is 106 Å². The average Bonchev–Trinajstić information content (AvgIpc) is 2.29. The van der Waals surface area contributed by atoms with E-state index in [2.05, 4.69) is 25.8 Å². The number of aromatic hydroxyl groups is 1. The van der Waals surface area contributed by atoms with Gasteiger partial charge in [0.05, 0.1) is 11.9 Å². The molecule has 2 nitrogen and oxygen atoms in total. The number of hydrogen-bond acceptors (Lipinski definition) is 2. The molecule has 0 aliphatic carbocycles. The molecule has 0 amide bonds. The third-order valence-electron chi connectivity index (χ3n) is 2.87. The Hall–Kier alpha value is -1.90. The molecule has 94 valence electrons. The number of rotatable bonds is 1. The van der Waals surface area contributed by atoms with Crippen molar-refractivity contribution in [1.29, 1.82) is 0 Å². The van der Waals surface area contributed by atoms with Crippen LogP contribution in [0.3, 0.4) is 0 Å². The van der Waals surface area contributed by atoms with Gasteiger partial charge in [-0.3, -0.25) is 4.98 Å². The van der Waals surface area contributed by atoms with Crippen molar-refractivity contribution in [2.45, 2.75) is 26.2 Å². The van der Waals surface area contributed by atoms with Gasteiger partial charge in [-0.05, 0) is 35.2 Å². The molecule has 0 unspecified atom stereocenters. The summed E-state index contributed by atoms with van der Waals surface area (Å²) in [5, 5.41) is 9.89. The van der Waals surface area contributed by atoms with Crippen LogP contribution in [0.15, 0.2) is 36.5 Å². The molecule has 0 bridgehead atoms. The Balaban J connectivity index is 2.53. The molecule has 0 aliphatic heterocycles. The van der Waals surface area contributed by atoms with Crippen LogP contribution in [-0.2, 0) is 5.41 Å². The molecule has 0 fully saturated rings. The molecule has 0 atom stereocenters. The van der Waals surface area contributed by atoms with Crippen molar-refractivity contribution in [3.05, 3.63) is 47.9 Å². The van der Waals surface area contributed by atoms with Gasteiger partial charge in [0, 0.05) is 5.56 Å². The van der Waals surface area contributed by atoms with Crippen LogP contribution in [-0.4, -0.2) is 10.1 Å². The maximum atomic E-state index is 12.8. The Kier molecular flexibility index (Phi) is 3.07. The van der Waals surface area contributed by atoms with Crippen LogP contribution in [0, 0.1) is 5.82 Å². The Bertz CT molecular complexity index is 556. The Morgan fingerprint density at radius 1 is 1.11 bits per heavy atom. The number of phenols is 1. The highest BCUT2D eigenvalue weighted by atomic mass is 19.1. The standard InChI is InChI=1S/C15H16FNO/c1-15(2,3)10-4-7-14(18)12(8-10)13-6-5-11(16)9-17-13/h4-9,18H,1-3H3. The molecule has 1 aromatic carbocycles. The highest BCUT2D eigenvalue weighted by Crippen LogP contribution is 2.32. The zero-order valence-electron chi connectivity index (χ0n) is 10.7. The summed E-state index contributed by atoms with van der Waals surface area (Å²) < 4.78 is 12.8. The SMILES string of the molecule is CC(C)(C)c1ccc(O)c(-c2ccc(F)cn2)c1. The van der Waals surface area contributed by atoms with Crippen LogP contribution >= 0.6 is 0 Å². The van der Waals surface area contributed by atoms with E-state index in [1.54, 1.807) is 12.1 Å². The van der Waals surface area contributed by atoms with Crippen LogP contribution in [0.25, 0.3) is 11.3 Å². The maximum absolute atomic E-state index is 12.8. The van der Waals surface area contributed by atoms with Crippen molar-refractivity contribution < 1.29 is 9.50 Å². The lowest BCUT2D eigenvalue weighted by Gasteiger charge is -2.20. The number of phenolic OH excluding ortho intramolecular Hbond substituents is 1. The quantitative estimate of drug-likeness (QED) is 0.826. The first kappa shape index (κ1) is 12.6. The van der Waals surface area contributed by atoms with Gasteiger partial charge >= 0.3 is 0 Å². The van der Waals surface area contributed by atoms with E-state index in [-0.39, 0.29) is 17.0 Å². The molecule has 3 heteroatoms. The summed E-state index contributed by atoms with van der Waals surface area (Å²) in [7, 11) is 0. The first-order valence-corrected chi connectivity index (χ1v) is 5.83. The molecule has 18 heavy (non-hydrogen) atoms. The van der Waals surface area contributed by atoms with Gasteiger partial charge in [0.25, 0.3) is 0 Å². The van der Waals surface area contributed by atoms with E-state index in [1.807, 2.05) is 12.1 Å². The Morgan fingerprint density at radius 3 is 2.39 bits per heavy atom. The van der Waals surface area contributed by atoms with Crippen LogP contribution in [0.4, 0.5) is 4.39 Å². The number of benzene rings is 1. The summed E-state index contributed by atoms with van der Waals surface area (Å²) in [6, 6.07) is 8.35. The molecular weight excluding hydrogens is 229 g/mol. The second-order valence-electron chi connectivity index (χ2n) is 5.34. The molecule has 0 spiro atoms. The average molecular weight is 245 g/mol. The summed E-state index contributed by atoms with van der Waals surface area (Å²) in [6.45, 7) is 6.30. The van der Waals surface area contributed by atoms with Crippen LogP contribution < -0.4 is 0 Å². The van der Waals surface area contributed by atoms with Gasteiger partial charge in [-0.2, -0.15) is 0 Å². The summed E-state index contributed by atoms with van der Waals surface area (Å²) in [4.78, 5) is 4.00. The van der Waals surface area contributed by atoms with Crippen LogP contribution in [0.1, 0.15) is 26.3 Å². The zero-order valence-corrected chi connectivity index (χ0v) is 10.7. The van der Waals surface area contributed by atoms with Crippen LogP contribution in [0.2, 0.25) is 0 Å². The zero-order chi connectivity index (χ0) is 13.3. The van der Waals surface area contributed by atoms with Crippen molar-refractivity contribution in [3.63, 3.8) is 0 Å². The lowest BCUT2D eigenvalue weighted by Crippen LogP contribution is -2.10. The molecule has 0 saturated heterocycles. The van der Waals surface area contributed by atoms with Gasteiger partial charge in [0.15, 0.2) is 0 Å². The minimum Gasteiger partial charge on any atom is -0.507 e. The molecule has 0 radical (unpaired) electrons. The van der Waals surface area contributed by atoms with E-state index in [0.717, 1.165) is 11.8 Å². The second-order valence-corrected chi connectivity index (χ2v) is 5.34. The molecule has 1 N–H and O–H groups in total. The first-order chi connectivity index (χ1) is 8.38. The van der Waals surface area contributed by atoms with Gasteiger partial charge in [0.1, 0.15) is 11.6 Å². The summed E-state index contributed by atoms with van der Waals surface area (Å²) in [5.41, 5.74) is 2.28. The highest BCUT2D eigenvalue weighted by molar-refractivity contribution is 5.67. The number of pyridine rings is 1. The molecule has 2 aromatic rings. The lowest BCUT2D eigenvalue weighted by molar-refractivity contribution is 0.476. The number of aromatic nitrogens is 1. The van der Waals surface area contributed by atoms with E-state index in [1.165, 1.54) is 6.07 Å². The van der Waals surface area contributed by atoms with Gasteiger partial charge in [-0.25, -0.2) is 4.39 Å². The monoisotopic (exact) mass is 245 g/mol. The van der Waals surface area contributed by atoms with Gasteiger partial charge in [-0.1, -0.05) is 26.8 Å². The van der Waals surface area contributed by atoms with Gasteiger partial charge in [0.2, 0.25) is 0 Å². The fourth-order valence-electron chi connectivity index (χ4n) is 1.74. The van der Waals surface area contributed by atoms with Crippen molar-refractivity contribution >= 4 is 0 Å². The second kappa shape index (κ2) is 4.41. The first-order valence-electron chi connectivity index (χ1n) is 5.83. The largest absolute Gasteiger partial charge is 0.507 e. The minimum absolute atomic E-state index is 0.0114. The third kappa shape index (κ3) is 2.50. The van der Waals surface area contributed by atoms with E-state index >= 15 is 0 Å². The number of nitrogens with zero attached hydrogens (tertiary/aromatic N) is 1. The minimum atomic E-state index is -0.384. The van der Waals surface area contributed by atoms with E-state index in [4.69, 9.17) is 0 Å².